The van der Waals surface area contributed by atoms with E-state index in [0.29, 0.717) is 5.57 Å². The van der Waals surface area contributed by atoms with Crippen LogP contribution < -0.4 is 0 Å². The van der Waals surface area contributed by atoms with Gasteiger partial charge in [-0.3, -0.25) is 0 Å². The molecule has 0 spiro atoms. The van der Waals surface area contributed by atoms with Crippen LogP contribution >= 0.6 is 0 Å². The third-order valence-electron chi connectivity index (χ3n) is 3.43. The fourth-order valence-corrected chi connectivity index (χ4v) is 1.79. The van der Waals surface area contributed by atoms with Crippen LogP contribution in [0.25, 0.3) is 0 Å². The molecule has 1 aliphatic carbocycles. The van der Waals surface area contributed by atoms with E-state index >= 15 is 0 Å². The van der Waals surface area contributed by atoms with Crippen molar-refractivity contribution in [3.63, 3.8) is 0 Å². The number of halogens is 11. The Labute approximate surface area is 149 Å². The predicted octanol–water partition coefficient (Wildman–Crippen LogP) is 5.00. The Morgan fingerprint density at radius 3 is 1.29 bits per heavy atom. The Morgan fingerprint density at radius 1 is 0.821 bits per heavy atom. The van der Waals surface area contributed by atoms with Gasteiger partial charge in [0.05, 0.1) is 6.07 Å². The number of alkyl halides is 11. The van der Waals surface area contributed by atoms with Gasteiger partial charge in [0.15, 0.2) is 0 Å². The number of carbonyl (C=O) groups is 1. The average molecular weight is 433 g/mol. The molecule has 0 bridgehead atoms. The molecule has 1 saturated carbocycles. The summed E-state index contributed by atoms with van der Waals surface area (Å²) in [5.74, 6) is -38.3. The molecule has 3 nitrogen and oxygen atoms in total. The van der Waals surface area contributed by atoms with Crippen LogP contribution in [0.5, 0.6) is 0 Å². The molecule has 0 amide bonds. The minimum absolute atomic E-state index is 0.138. The van der Waals surface area contributed by atoms with Crippen molar-refractivity contribution in [3.05, 3.63) is 23.8 Å². The van der Waals surface area contributed by atoms with Crippen molar-refractivity contribution in [1.82, 2.24) is 0 Å². The fraction of sp³-hybridized carbons (Fsp3) is 0.571. The number of hydrogen-bond acceptors (Lipinski definition) is 2. The summed E-state index contributed by atoms with van der Waals surface area (Å²) in [4.78, 5) is 10.3. The number of carboxylic acid groups (broad SMARTS) is 1. The zero-order valence-electron chi connectivity index (χ0n) is 13.7. The lowest BCUT2D eigenvalue weighted by Crippen LogP contribution is -2.83. The lowest BCUT2D eigenvalue weighted by molar-refractivity contribution is -0.477. The zero-order chi connectivity index (χ0) is 23.1. The van der Waals surface area contributed by atoms with Crippen LogP contribution in [0.4, 0.5) is 48.3 Å². The second-order valence-electron chi connectivity index (χ2n) is 5.61. The van der Waals surface area contributed by atoms with E-state index in [4.69, 9.17) is 10.4 Å². The van der Waals surface area contributed by atoms with Crippen molar-refractivity contribution in [2.24, 2.45) is 0 Å². The van der Waals surface area contributed by atoms with Gasteiger partial charge < -0.3 is 5.11 Å². The first-order chi connectivity index (χ1) is 12.1. The molecule has 160 valence electrons. The Balaban J connectivity index is 0.00000129. The van der Waals surface area contributed by atoms with E-state index in [1.807, 2.05) is 6.07 Å². The summed E-state index contributed by atoms with van der Waals surface area (Å²) in [6.07, 6.45) is -1.42. The van der Waals surface area contributed by atoms with Gasteiger partial charge in [0.25, 0.3) is 5.67 Å². The standard InChI is InChI=1S/C10H5F11O2.C4H5N/c1-3(4(22)23)2-5(11)6(12,13)8(16,17)10(20,21)9(18,19)7(5,14)15;1-4(2)3-5/h2H,1H3,(H,22,23);1H2,2H3. The highest BCUT2D eigenvalue weighted by molar-refractivity contribution is 5.86. The first kappa shape index (κ1) is 25.7. The first-order valence-corrected chi connectivity index (χ1v) is 6.66. The molecule has 1 rings (SSSR count). The van der Waals surface area contributed by atoms with Gasteiger partial charge in [0.1, 0.15) is 0 Å². The predicted molar refractivity (Wildman–Crippen MR) is 70.4 cm³/mol. The molecule has 0 aliphatic heterocycles. The van der Waals surface area contributed by atoms with Crippen molar-refractivity contribution in [2.45, 2.75) is 49.1 Å². The van der Waals surface area contributed by atoms with E-state index in [-0.39, 0.29) is 6.92 Å². The second kappa shape index (κ2) is 6.93. The fourth-order valence-electron chi connectivity index (χ4n) is 1.79. The molecule has 0 unspecified atom stereocenters. The zero-order valence-corrected chi connectivity index (χ0v) is 13.7. The number of aliphatic carboxylic acids is 1. The summed E-state index contributed by atoms with van der Waals surface area (Å²) in [6.45, 7) is 5.12. The largest absolute Gasteiger partial charge is 0.478 e. The molecule has 14 heteroatoms. The summed E-state index contributed by atoms with van der Waals surface area (Å²) in [5, 5.41) is 16.1. The van der Waals surface area contributed by atoms with E-state index < -0.39 is 52.9 Å². The van der Waals surface area contributed by atoms with Crippen LogP contribution in [0.15, 0.2) is 23.8 Å². The van der Waals surface area contributed by atoms with Crippen LogP contribution in [0.1, 0.15) is 13.8 Å². The van der Waals surface area contributed by atoms with E-state index in [0.717, 1.165) is 0 Å². The highest BCUT2D eigenvalue weighted by atomic mass is 19.4. The van der Waals surface area contributed by atoms with Gasteiger partial charge in [-0.1, -0.05) is 6.58 Å². The lowest BCUT2D eigenvalue weighted by Gasteiger charge is -2.51. The van der Waals surface area contributed by atoms with Crippen molar-refractivity contribution < 1.29 is 58.2 Å². The molecule has 0 saturated heterocycles. The second-order valence-corrected chi connectivity index (χ2v) is 5.61. The smallest absolute Gasteiger partial charge is 0.384 e. The summed E-state index contributed by atoms with van der Waals surface area (Å²) < 4.78 is 145. The third kappa shape index (κ3) is 3.10. The maximum atomic E-state index is 13.9. The molecule has 0 aromatic rings. The van der Waals surface area contributed by atoms with Crippen molar-refractivity contribution in [1.29, 1.82) is 5.26 Å². The molecular formula is C14H10F11NO2. The molecule has 0 aromatic carbocycles. The van der Waals surface area contributed by atoms with Crippen molar-refractivity contribution in [3.8, 4) is 6.07 Å². The van der Waals surface area contributed by atoms with Crippen molar-refractivity contribution >= 4 is 5.97 Å². The van der Waals surface area contributed by atoms with Crippen LogP contribution in [-0.2, 0) is 4.79 Å². The molecule has 1 fully saturated rings. The topological polar surface area (TPSA) is 61.1 Å². The Kier molecular flexibility index (Phi) is 6.35. The van der Waals surface area contributed by atoms with E-state index in [1.165, 1.54) is 0 Å². The number of carboxylic acids is 1. The lowest BCUT2D eigenvalue weighted by atomic mass is 9.71. The quantitative estimate of drug-likeness (QED) is 0.379. The van der Waals surface area contributed by atoms with Gasteiger partial charge in [-0.05, 0) is 19.9 Å². The van der Waals surface area contributed by atoms with Crippen LogP contribution in [-0.4, -0.2) is 46.4 Å². The SMILES string of the molecule is C=C(C)C#N.CC(=CC1(F)C(F)(F)C(F)(F)C(F)(F)C(F)(F)C1(F)F)C(=O)O. The summed E-state index contributed by atoms with van der Waals surface area (Å²) in [7, 11) is 0. The van der Waals surface area contributed by atoms with Gasteiger partial charge in [0.2, 0.25) is 0 Å². The van der Waals surface area contributed by atoms with Crippen LogP contribution in [0.3, 0.4) is 0 Å². The molecule has 28 heavy (non-hydrogen) atoms. The summed E-state index contributed by atoms with van der Waals surface area (Å²) in [5.41, 5.74) is -7.63. The molecule has 0 radical (unpaired) electrons. The van der Waals surface area contributed by atoms with Crippen LogP contribution in [0, 0.1) is 11.3 Å². The molecule has 1 aliphatic rings. The molecular weight excluding hydrogens is 423 g/mol. The minimum atomic E-state index is -7.31. The monoisotopic (exact) mass is 433 g/mol. The Bertz CT molecular complexity index is 704. The highest BCUT2D eigenvalue weighted by Crippen LogP contribution is 2.69. The van der Waals surface area contributed by atoms with Crippen molar-refractivity contribution in [2.75, 3.05) is 0 Å². The van der Waals surface area contributed by atoms with Crippen LogP contribution in [0.2, 0.25) is 0 Å². The number of nitriles is 1. The third-order valence-corrected chi connectivity index (χ3v) is 3.43. The van der Waals surface area contributed by atoms with E-state index in [9.17, 15) is 53.1 Å². The van der Waals surface area contributed by atoms with Gasteiger partial charge in [-0.15, -0.1) is 0 Å². The average Bonchev–Trinajstić information content (AvgIpc) is 2.52. The normalized spacial score (nSPS) is 25.5. The molecule has 0 heterocycles. The number of nitrogens with zero attached hydrogens (tertiary/aromatic N) is 1. The first-order valence-electron chi connectivity index (χ1n) is 6.66. The summed E-state index contributed by atoms with van der Waals surface area (Å²) in [6, 6.07) is 1.83. The Morgan fingerprint density at radius 2 is 1.07 bits per heavy atom. The Hall–Kier alpha value is -2.33. The number of hydrogen-bond donors (Lipinski definition) is 1. The minimum Gasteiger partial charge on any atom is -0.478 e. The van der Waals surface area contributed by atoms with E-state index in [2.05, 4.69) is 6.58 Å². The van der Waals surface area contributed by atoms with Gasteiger partial charge in [-0.2, -0.15) is 49.2 Å². The molecule has 0 atom stereocenters. The van der Waals surface area contributed by atoms with Gasteiger partial charge >= 0.3 is 35.6 Å². The highest BCUT2D eigenvalue weighted by Gasteiger charge is 3.00. The van der Waals surface area contributed by atoms with Gasteiger partial charge in [0, 0.05) is 11.1 Å². The number of allylic oxidation sites excluding steroid dienone is 2. The maximum Gasteiger partial charge on any atom is 0.384 e. The molecule has 1 N–H and O–H groups in total. The van der Waals surface area contributed by atoms with Gasteiger partial charge in [-0.25, -0.2) is 9.18 Å². The molecule has 0 aromatic heterocycles. The summed E-state index contributed by atoms with van der Waals surface area (Å²) >= 11 is 0. The maximum absolute atomic E-state index is 13.9. The van der Waals surface area contributed by atoms with E-state index in [1.54, 1.807) is 6.92 Å². The number of rotatable bonds is 2.